The number of rotatable bonds is 11. The molecule has 0 aromatic rings. The Balaban J connectivity index is 2.09. The van der Waals surface area contributed by atoms with Crippen molar-refractivity contribution in [1.82, 2.24) is 21.1 Å². The standard InChI is InChI=1S/C14H24N4O5S/c1-15-17-12(20)4-7-23-8-5-16-11(19)3-6-18-13(21)9-10(24-2)14(18)22/h10,15H,3-9H2,1-2H3,(H,16,19)(H,17,20). The second kappa shape index (κ2) is 11.0. The summed E-state index contributed by atoms with van der Waals surface area (Å²) in [5.74, 6) is -0.872. The van der Waals surface area contributed by atoms with Gasteiger partial charge in [-0.25, -0.2) is 5.43 Å². The number of amides is 4. The Kier molecular flexibility index (Phi) is 9.35. The van der Waals surface area contributed by atoms with Crippen molar-refractivity contribution in [3.63, 3.8) is 0 Å². The molecule has 0 saturated carbocycles. The number of nitrogens with zero attached hydrogens (tertiary/aromatic N) is 1. The lowest BCUT2D eigenvalue weighted by molar-refractivity contribution is -0.138. The summed E-state index contributed by atoms with van der Waals surface area (Å²) in [5.41, 5.74) is 4.93. The second-order valence-electron chi connectivity index (χ2n) is 5.07. The van der Waals surface area contributed by atoms with Gasteiger partial charge in [0.1, 0.15) is 0 Å². The molecule has 1 aliphatic heterocycles. The van der Waals surface area contributed by atoms with Crippen molar-refractivity contribution < 1.29 is 23.9 Å². The van der Waals surface area contributed by atoms with Gasteiger partial charge in [0.25, 0.3) is 0 Å². The molecule has 4 amide bonds. The molecule has 0 aliphatic carbocycles. The normalized spacial score (nSPS) is 17.2. The molecule has 10 heteroatoms. The van der Waals surface area contributed by atoms with E-state index in [1.165, 1.54) is 11.8 Å². The van der Waals surface area contributed by atoms with Crippen LogP contribution in [0.1, 0.15) is 19.3 Å². The van der Waals surface area contributed by atoms with E-state index >= 15 is 0 Å². The predicted octanol–water partition coefficient (Wildman–Crippen LogP) is -1.36. The van der Waals surface area contributed by atoms with Crippen LogP contribution in [0.3, 0.4) is 0 Å². The molecule has 136 valence electrons. The third kappa shape index (κ3) is 6.85. The van der Waals surface area contributed by atoms with E-state index < -0.39 is 0 Å². The first-order valence-corrected chi connectivity index (χ1v) is 8.95. The molecule has 0 aromatic heterocycles. The highest BCUT2D eigenvalue weighted by Gasteiger charge is 2.37. The van der Waals surface area contributed by atoms with Gasteiger partial charge < -0.3 is 10.1 Å². The maximum atomic E-state index is 11.9. The van der Waals surface area contributed by atoms with Crippen LogP contribution in [0, 0.1) is 0 Å². The number of imide groups is 1. The monoisotopic (exact) mass is 360 g/mol. The lowest BCUT2D eigenvalue weighted by atomic mass is 10.3. The van der Waals surface area contributed by atoms with E-state index in [0.29, 0.717) is 6.54 Å². The fourth-order valence-electron chi connectivity index (χ4n) is 2.11. The number of carbonyl (C=O) groups is 4. The van der Waals surface area contributed by atoms with Gasteiger partial charge in [-0.2, -0.15) is 11.8 Å². The maximum Gasteiger partial charge on any atom is 0.242 e. The minimum atomic E-state index is -0.325. The van der Waals surface area contributed by atoms with Gasteiger partial charge in [0.2, 0.25) is 23.6 Å². The third-order valence-corrected chi connectivity index (χ3v) is 4.29. The van der Waals surface area contributed by atoms with E-state index in [0.717, 1.165) is 4.90 Å². The summed E-state index contributed by atoms with van der Waals surface area (Å²) in [6.07, 6.45) is 2.29. The first kappa shape index (κ1) is 20.4. The van der Waals surface area contributed by atoms with E-state index in [1.54, 1.807) is 13.3 Å². The molecule has 1 unspecified atom stereocenters. The summed E-state index contributed by atoms with van der Waals surface area (Å²) in [4.78, 5) is 47.5. The number of hydrogen-bond donors (Lipinski definition) is 3. The van der Waals surface area contributed by atoms with Crippen LogP contribution in [0.5, 0.6) is 0 Å². The Hall–Kier alpha value is -1.65. The van der Waals surface area contributed by atoms with Crippen LogP contribution in [0.25, 0.3) is 0 Å². The molecule has 0 radical (unpaired) electrons. The Morgan fingerprint density at radius 1 is 1.25 bits per heavy atom. The highest BCUT2D eigenvalue weighted by atomic mass is 32.2. The van der Waals surface area contributed by atoms with Gasteiger partial charge in [0.15, 0.2) is 0 Å². The molecule has 1 heterocycles. The van der Waals surface area contributed by atoms with E-state index in [9.17, 15) is 19.2 Å². The molecule has 1 aliphatic rings. The minimum absolute atomic E-state index is 0.0726. The van der Waals surface area contributed by atoms with Crippen molar-refractivity contribution in [3.8, 4) is 0 Å². The van der Waals surface area contributed by atoms with Gasteiger partial charge in [-0.05, 0) is 6.26 Å². The summed E-state index contributed by atoms with van der Waals surface area (Å²) in [6, 6.07) is 0. The highest BCUT2D eigenvalue weighted by Crippen LogP contribution is 2.22. The number of thioether (sulfide) groups is 1. The fraction of sp³-hybridized carbons (Fsp3) is 0.714. The minimum Gasteiger partial charge on any atom is -0.379 e. The second-order valence-corrected chi connectivity index (χ2v) is 6.11. The van der Waals surface area contributed by atoms with Crippen molar-refractivity contribution in [2.75, 3.05) is 39.6 Å². The van der Waals surface area contributed by atoms with Crippen molar-refractivity contribution in [2.45, 2.75) is 24.5 Å². The molecule has 1 atom stereocenters. The molecule has 9 nitrogen and oxygen atoms in total. The van der Waals surface area contributed by atoms with E-state index in [-0.39, 0.29) is 67.9 Å². The summed E-state index contributed by atoms with van der Waals surface area (Å²) in [7, 11) is 1.60. The Bertz CT molecular complexity index is 474. The Morgan fingerprint density at radius 3 is 2.62 bits per heavy atom. The number of nitrogens with one attached hydrogen (secondary N) is 3. The first-order chi connectivity index (χ1) is 11.5. The largest absolute Gasteiger partial charge is 0.379 e. The lowest BCUT2D eigenvalue weighted by Crippen LogP contribution is -2.36. The molecule has 0 spiro atoms. The molecule has 0 aromatic carbocycles. The number of hydrogen-bond acceptors (Lipinski definition) is 7. The fourth-order valence-corrected chi connectivity index (χ4v) is 2.74. The van der Waals surface area contributed by atoms with Crippen LogP contribution < -0.4 is 16.2 Å². The molecule has 1 fully saturated rings. The van der Waals surface area contributed by atoms with Gasteiger partial charge in [-0.3, -0.25) is 29.5 Å². The van der Waals surface area contributed by atoms with E-state index in [1.807, 2.05) is 0 Å². The van der Waals surface area contributed by atoms with Crippen LogP contribution in [0.4, 0.5) is 0 Å². The summed E-state index contributed by atoms with van der Waals surface area (Å²) in [6.45, 7) is 0.957. The van der Waals surface area contributed by atoms with Crippen LogP contribution >= 0.6 is 11.8 Å². The maximum absolute atomic E-state index is 11.9. The average molecular weight is 360 g/mol. The molecule has 1 saturated heterocycles. The molecule has 0 bridgehead atoms. The van der Waals surface area contributed by atoms with E-state index in [2.05, 4.69) is 16.2 Å². The van der Waals surface area contributed by atoms with Gasteiger partial charge >= 0.3 is 0 Å². The quantitative estimate of drug-likeness (QED) is 0.237. The number of ether oxygens (including phenoxy) is 1. The number of likely N-dealkylation sites (tertiary alicyclic amines) is 1. The third-order valence-electron chi connectivity index (χ3n) is 3.36. The first-order valence-electron chi connectivity index (χ1n) is 7.66. The van der Waals surface area contributed by atoms with Gasteiger partial charge in [-0.15, -0.1) is 0 Å². The zero-order valence-electron chi connectivity index (χ0n) is 13.9. The van der Waals surface area contributed by atoms with E-state index in [4.69, 9.17) is 4.74 Å². The van der Waals surface area contributed by atoms with Crippen LogP contribution in [-0.2, 0) is 23.9 Å². The molecular formula is C14H24N4O5S. The van der Waals surface area contributed by atoms with Crippen LogP contribution in [0.15, 0.2) is 0 Å². The predicted molar refractivity (Wildman–Crippen MR) is 88.9 cm³/mol. The van der Waals surface area contributed by atoms with Crippen LogP contribution in [0.2, 0.25) is 0 Å². The molecule has 3 N–H and O–H groups in total. The number of carbonyl (C=O) groups excluding carboxylic acids is 4. The summed E-state index contributed by atoms with van der Waals surface area (Å²) < 4.78 is 5.22. The molecule has 1 rings (SSSR count). The molecular weight excluding hydrogens is 336 g/mol. The summed E-state index contributed by atoms with van der Waals surface area (Å²) >= 11 is 1.35. The Morgan fingerprint density at radius 2 is 2.00 bits per heavy atom. The lowest BCUT2D eigenvalue weighted by Gasteiger charge is -2.14. The van der Waals surface area contributed by atoms with Gasteiger partial charge in [0, 0.05) is 33.0 Å². The summed E-state index contributed by atoms with van der Waals surface area (Å²) in [5, 5.41) is 2.32. The van der Waals surface area contributed by atoms with Crippen molar-refractivity contribution in [2.24, 2.45) is 0 Å². The average Bonchev–Trinajstić information content (AvgIpc) is 2.82. The SMILES string of the molecule is CNNC(=O)CCOCCNC(=O)CCN1C(=O)CC(SC)C1=O. The van der Waals surface area contributed by atoms with Crippen molar-refractivity contribution in [1.29, 1.82) is 0 Å². The zero-order chi connectivity index (χ0) is 17.9. The zero-order valence-corrected chi connectivity index (χ0v) is 14.7. The van der Waals surface area contributed by atoms with Gasteiger partial charge in [0.05, 0.1) is 24.9 Å². The van der Waals surface area contributed by atoms with Gasteiger partial charge in [-0.1, -0.05) is 0 Å². The number of hydrazine groups is 1. The topological polar surface area (TPSA) is 117 Å². The van der Waals surface area contributed by atoms with Crippen molar-refractivity contribution in [3.05, 3.63) is 0 Å². The molecule has 24 heavy (non-hydrogen) atoms. The van der Waals surface area contributed by atoms with Crippen molar-refractivity contribution >= 4 is 35.4 Å². The smallest absolute Gasteiger partial charge is 0.242 e. The highest BCUT2D eigenvalue weighted by molar-refractivity contribution is 8.00. The van der Waals surface area contributed by atoms with Crippen LogP contribution in [-0.4, -0.2) is 73.4 Å². The Labute approximate surface area is 145 Å².